The standard InChI is InChI=1S/C42H55N7O6Si/c1-42(2,3)55-41(51)48-20-10-14-34(48)37-43-24-32(45-37)30-16-18-31(19-17-30)36-25-44-39(54-36)33-26-47(28-52-22-23-56(4,5)6)38(46-33)35-15-11-21-49(35)40(50)53-27-29-12-8-7-9-13-29/h7-9,12-13,16-19,24-25,33-35H,10-11,14-15,20-23,26-28H2,1-6H3,(H,43,45)/t33?,34-,35-/m0/s1. The number of H-pyrrole nitrogens is 1. The molecule has 7 rings (SSSR count). The summed E-state index contributed by atoms with van der Waals surface area (Å²) in [7, 11) is -1.27. The Morgan fingerprint density at radius 3 is 2.30 bits per heavy atom. The van der Waals surface area contributed by atoms with Crippen LogP contribution in [0.25, 0.3) is 22.6 Å². The van der Waals surface area contributed by atoms with Gasteiger partial charge in [0, 0.05) is 33.3 Å². The first-order valence-electron chi connectivity index (χ1n) is 19.8. The van der Waals surface area contributed by atoms with Gasteiger partial charge in [0.05, 0.1) is 36.7 Å². The van der Waals surface area contributed by atoms with Gasteiger partial charge in [-0.15, -0.1) is 0 Å². The van der Waals surface area contributed by atoms with Crippen LogP contribution in [0.5, 0.6) is 0 Å². The van der Waals surface area contributed by atoms with E-state index in [-0.39, 0.29) is 36.9 Å². The number of hydrogen-bond donors (Lipinski definition) is 1. The summed E-state index contributed by atoms with van der Waals surface area (Å²) in [6.07, 6.45) is 6.29. The molecule has 14 heteroatoms. The summed E-state index contributed by atoms with van der Waals surface area (Å²) in [5, 5.41) is 0. The van der Waals surface area contributed by atoms with Crippen molar-refractivity contribution in [1.29, 1.82) is 0 Å². The molecule has 4 aromatic rings. The highest BCUT2D eigenvalue weighted by Crippen LogP contribution is 2.35. The fourth-order valence-electron chi connectivity index (χ4n) is 7.37. The second kappa shape index (κ2) is 16.6. The molecule has 0 radical (unpaired) electrons. The lowest BCUT2D eigenvalue weighted by Crippen LogP contribution is -2.47. The van der Waals surface area contributed by atoms with E-state index in [9.17, 15) is 9.59 Å². The normalized spacial score (nSPS) is 20.1. The van der Waals surface area contributed by atoms with Crippen LogP contribution in [0.1, 0.15) is 75.8 Å². The number of aliphatic imine (C=N–C) groups is 1. The number of nitrogens with zero attached hydrogens (tertiary/aromatic N) is 6. The van der Waals surface area contributed by atoms with Crippen LogP contribution in [0.3, 0.4) is 0 Å². The van der Waals surface area contributed by atoms with Gasteiger partial charge in [0.1, 0.15) is 36.6 Å². The molecule has 2 fully saturated rings. The molecule has 3 aliphatic heterocycles. The molecule has 3 atom stereocenters. The van der Waals surface area contributed by atoms with Crippen molar-refractivity contribution in [3.05, 3.63) is 84.3 Å². The maximum Gasteiger partial charge on any atom is 0.410 e. The number of amides is 2. The van der Waals surface area contributed by atoms with Crippen LogP contribution >= 0.6 is 0 Å². The number of ether oxygens (including phenoxy) is 3. The average molecular weight is 782 g/mol. The number of hydrogen-bond acceptors (Lipinski definition) is 10. The van der Waals surface area contributed by atoms with E-state index in [0.29, 0.717) is 44.6 Å². The van der Waals surface area contributed by atoms with E-state index in [2.05, 4.69) is 39.5 Å². The summed E-state index contributed by atoms with van der Waals surface area (Å²) in [6, 6.07) is 18.1. The fraction of sp³-hybridized carbons (Fsp3) is 0.500. The van der Waals surface area contributed by atoms with E-state index in [1.807, 2.05) is 81.6 Å². The lowest BCUT2D eigenvalue weighted by molar-refractivity contribution is 0.0218. The highest BCUT2D eigenvalue weighted by molar-refractivity contribution is 6.76. The number of aromatic nitrogens is 3. The minimum atomic E-state index is -1.27. The number of oxazole rings is 1. The van der Waals surface area contributed by atoms with Gasteiger partial charge in [-0.25, -0.2) is 19.6 Å². The Kier molecular flexibility index (Phi) is 11.7. The van der Waals surface area contributed by atoms with Crippen molar-refractivity contribution in [3.63, 3.8) is 0 Å². The van der Waals surface area contributed by atoms with Crippen LogP contribution in [0.15, 0.2) is 76.4 Å². The number of carbonyl (C=O) groups excluding carboxylic acids is 2. The molecule has 5 heterocycles. The Bertz CT molecular complexity index is 1980. The third-order valence-corrected chi connectivity index (χ3v) is 12.0. The van der Waals surface area contributed by atoms with Crippen molar-refractivity contribution in [2.45, 2.75) is 102 Å². The lowest BCUT2D eigenvalue weighted by Gasteiger charge is -2.30. The second-order valence-electron chi connectivity index (χ2n) is 17.1. The summed E-state index contributed by atoms with van der Waals surface area (Å²) >= 11 is 0. The van der Waals surface area contributed by atoms with Gasteiger partial charge in [-0.05, 0) is 63.6 Å². The maximum absolute atomic E-state index is 13.4. The van der Waals surface area contributed by atoms with Gasteiger partial charge in [-0.3, -0.25) is 14.8 Å². The maximum atomic E-state index is 13.4. The molecule has 2 aromatic carbocycles. The van der Waals surface area contributed by atoms with Crippen LogP contribution in [0.4, 0.5) is 9.59 Å². The summed E-state index contributed by atoms with van der Waals surface area (Å²) in [6.45, 7) is 15.7. The minimum Gasteiger partial charge on any atom is -0.445 e. The van der Waals surface area contributed by atoms with E-state index in [4.69, 9.17) is 23.6 Å². The predicted octanol–water partition coefficient (Wildman–Crippen LogP) is 8.67. The molecule has 2 aromatic heterocycles. The Morgan fingerprint density at radius 2 is 1.59 bits per heavy atom. The van der Waals surface area contributed by atoms with Crippen LogP contribution in [-0.2, 0) is 20.8 Å². The van der Waals surface area contributed by atoms with Crippen molar-refractivity contribution in [3.8, 4) is 22.6 Å². The van der Waals surface area contributed by atoms with E-state index < -0.39 is 13.7 Å². The molecule has 1 unspecified atom stereocenters. The molecule has 1 N–H and O–H groups in total. The molecule has 298 valence electrons. The molecular weight excluding hydrogens is 727 g/mol. The molecule has 3 aliphatic rings. The van der Waals surface area contributed by atoms with Crippen LogP contribution in [0.2, 0.25) is 25.7 Å². The molecule has 0 aliphatic carbocycles. The molecule has 0 spiro atoms. The topological polar surface area (TPSA) is 139 Å². The lowest BCUT2D eigenvalue weighted by atomic mass is 10.1. The molecular formula is C42H55N7O6Si. The first-order valence-corrected chi connectivity index (χ1v) is 23.5. The summed E-state index contributed by atoms with van der Waals surface area (Å²) < 4.78 is 24.0. The Morgan fingerprint density at radius 1 is 0.893 bits per heavy atom. The van der Waals surface area contributed by atoms with Gasteiger partial charge in [0.25, 0.3) is 0 Å². The smallest absolute Gasteiger partial charge is 0.410 e. The molecule has 2 amide bonds. The number of imidazole rings is 1. The summed E-state index contributed by atoms with van der Waals surface area (Å²) in [4.78, 5) is 49.9. The van der Waals surface area contributed by atoms with Crippen LogP contribution in [-0.4, -0.2) is 100 Å². The van der Waals surface area contributed by atoms with Crippen LogP contribution in [0, 0.1) is 0 Å². The Labute approximate surface area is 330 Å². The fourth-order valence-corrected chi connectivity index (χ4v) is 8.13. The third kappa shape index (κ3) is 9.52. The zero-order chi connectivity index (χ0) is 39.5. The van der Waals surface area contributed by atoms with E-state index >= 15 is 0 Å². The largest absolute Gasteiger partial charge is 0.445 e. The van der Waals surface area contributed by atoms with E-state index in [1.54, 1.807) is 16.0 Å². The number of likely N-dealkylation sites (tertiary alicyclic amines) is 2. The number of amidine groups is 1. The summed E-state index contributed by atoms with van der Waals surface area (Å²) in [5.41, 5.74) is 3.11. The van der Waals surface area contributed by atoms with Crippen molar-refractivity contribution >= 4 is 26.1 Å². The van der Waals surface area contributed by atoms with Crippen LogP contribution < -0.4 is 0 Å². The zero-order valence-corrected chi connectivity index (χ0v) is 34.5. The van der Waals surface area contributed by atoms with E-state index in [1.165, 1.54) is 0 Å². The number of rotatable bonds is 12. The van der Waals surface area contributed by atoms with E-state index in [0.717, 1.165) is 65.8 Å². The number of benzene rings is 2. The van der Waals surface area contributed by atoms with Crippen molar-refractivity contribution in [2.75, 3.05) is 33.0 Å². The quantitative estimate of drug-likeness (QED) is 0.111. The van der Waals surface area contributed by atoms with Crippen molar-refractivity contribution < 1.29 is 28.2 Å². The SMILES string of the molecule is CC(C)(C)OC(=O)N1CCC[C@H]1c1ncc(-c2ccc(-c3cnc(C4CN(COCC[Si](C)(C)C)C([C@@H]5CCCN5C(=O)OCc5ccccc5)=N4)o3)cc2)[nH]1. The predicted molar refractivity (Wildman–Crippen MR) is 217 cm³/mol. The highest BCUT2D eigenvalue weighted by atomic mass is 28.3. The first kappa shape index (κ1) is 39.3. The first-order chi connectivity index (χ1) is 26.8. The average Bonchev–Trinajstić information content (AvgIpc) is 4.01. The van der Waals surface area contributed by atoms with Gasteiger partial charge in [0.15, 0.2) is 5.76 Å². The van der Waals surface area contributed by atoms with Gasteiger partial charge in [-0.2, -0.15) is 0 Å². The van der Waals surface area contributed by atoms with Crippen molar-refractivity contribution in [2.24, 2.45) is 4.99 Å². The molecule has 2 saturated heterocycles. The monoisotopic (exact) mass is 781 g/mol. The molecule has 0 bridgehead atoms. The second-order valence-corrected chi connectivity index (χ2v) is 22.7. The molecule has 13 nitrogen and oxygen atoms in total. The van der Waals surface area contributed by atoms with Gasteiger partial charge < -0.3 is 28.5 Å². The summed E-state index contributed by atoms with van der Waals surface area (Å²) in [5.74, 6) is 2.73. The third-order valence-electron chi connectivity index (χ3n) is 10.3. The number of nitrogens with one attached hydrogen (secondary N) is 1. The van der Waals surface area contributed by atoms with Gasteiger partial charge in [-0.1, -0.05) is 74.2 Å². The molecule has 56 heavy (non-hydrogen) atoms. The minimum absolute atomic E-state index is 0.151. The van der Waals surface area contributed by atoms with Gasteiger partial charge in [0.2, 0.25) is 5.89 Å². The highest BCUT2D eigenvalue weighted by Gasteiger charge is 2.41. The number of aromatic amines is 1. The Balaban J connectivity index is 1.03. The molecule has 0 saturated carbocycles. The Hall–Kier alpha value is -4.95. The zero-order valence-electron chi connectivity index (χ0n) is 33.5. The van der Waals surface area contributed by atoms with Gasteiger partial charge >= 0.3 is 12.2 Å². The number of carbonyl (C=O) groups is 2. The van der Waals surface area contributed by atoms with Crippen molar-refractivity contribution in [1.82, 2.24) is 29.7 Å².